The van der Waals surface area contributed by atoms with Crippen LogP contribution in [0.4, 0.5) is 0 Å². The lowest BCUT2D eigenvalue weighted by atomic mass is 9.91. The number of likely N-dealkylation sites (tertiary alicyclic amines) is 3. The molecule has 0 aliphatic carbocycles. The maximum atomic E-state index is 14.7. The molecule has 3 aliphatic rings. The van der Waals surface area contributed by atoms with E-state index in [4.69, 9.17) is 58.2 Å². The molecule has 1 N–H and O–H groups in total. The third kappa shape index (κ3) is 27.9. The van der Waals surface area contributed by atoms with E-state index in [0.29, 0.717) is 172 Å². The van der Waals surface area contributed by atoms with Gasteiger partial charge in [-0.3, -0.25) is 24.0 Å². The quantitative estimate of drug-likeness (QED) is 0.0274. The van der Waals surface area contributed by atoms with Gasteiger partial charge in [0.05, 0.1) is 74.6 Å². The van der Waals surface area contributed by atoms with Gasteiger partial charge in [-0.1, -0.05) is 87.5 Å². The van der Waals surface area contributed by atoms with Crippen LogP contribution in [0.25, 0.3) is 0 Å². The van der Waals surface area contributed by atoms with Crippen molar-refractivity contribution in [3.05, 3.63) is 188 Å². The average molecular weight is 1790 g/mol. The van der Waals surface area contributed by atoms with Gasteiger partial charge in [0.25, 0.3) is 0 Å². The number of Topliss-reactive ketones (excluding diaryl/α,β-unsaturated/α-hetero) is 2. The normalized spacial score (nSPS) is 16.3. The minimum absolute atomic E-state index is 0.0141. The highest BCUT2D eigenvalue weighted by atomic mass is 16.6. The number of esters is 2. The zero-order valence-corrected chi connectivity index (χ0v) is 79.6. The minimum Gasteiger partial charge on any atom is -0.493 e. The molecule has 704 valence electrons. The predicted octanol–water partition coefficient (Wildman–Crippen LogP) is 18.1. The number of methoxy groups -OCH3 is 8. The second-order valence-corrected chi connectivity index (χ2v) is 34.1. The van der Waals surface area contributed by atoms with Gasteiger partial charge in [-0.05, 0) is 292 Å². The first-order valence-corrected chi connectivity index (χ1v) is 45.5. The van der Waals surface area contributed by atoms with Gasteiger partial charge >= 0.3 is 17.9 Å². The summed E-state index contributed by atoms with van der Waals surface area (Å²) in [5, 5.41) is 9.45. The summed E-state index contributed by atoms with van der Waals surface area (Å²) in [4.78, 5) is 118. The van der Waals surface area contributed by atoms with Crippen LogP contribution in [-0.4, -0.2) is 200 Å². The van der Waals surface area contributed by atoms with Gasteiger partial charge in [0.1, 0.15) is 56.4 Å². The molecule has 25 nitrogen and oxygen atoms in total. The van der Waals surface area contributed by atoms with Crippen molar-refractivity contribution in [2.75, 3.05) is 110 Å². The standard InChI is InChI=1S/C84H109N3O16.C19H27NO5.C2H2/c1-15-69(63-44-56(5)79(98-13)77(49-63)96-11)81(90)86-41-19-17-27-71(86)83(92)102-73(38-33-58-30-29-54(3)55(4)43-58)61-23-21-25-67(47-61)100-52-65(88)36-31-60(51-85(7)8)32-37-66(89)53-101-68-26-22-24-62(48-68)74(39-34-59-35-40-75(94-9)76(46-59)95-10)103-84(93)72-28-18-20-42-87(72)82(91)70(16-2)64-45-57(6)80(99-14)78(50-64)97-12;1-5-14(13-10-12(2)17(25-4)16(11-13)24-3)18(21)20-9-7-6-8-15(20)19(22)23;1-2/h21-26,29-30,35,40,43-50,60,69-74H,15-20,27-28,31-34,36-39,41-42,51-53H2,1-14H3;10-11,14-15H,5-9H2,1-4H3,(H,22,23);1-2H/t60?,69-,70-,71-,72?,73?,74+;14-,15-;/m00./s1/i;;1D. The van der Waals surface area contributed by atoms with E-state index in [1.807, 2.05) is 141 Å². The number of benzene rings is 7. The summed E-state index contributed by atoms with van der Waals surface area (Å²) in [5.74, 6) is 1.65. The number of aryl methyl sites for hydroxylation is 7. The van der Waals surface area contributed by atoms with Crippen molar-refractivity contribution in [3.63, 3.8) is 0 Å². The molecule has 130 heavy (non-hydrogen) atoms. The molecule has 0 bridgehead atoms. The topological polar surface area (TPSA) is 281 Å². The van der Waals surface area contributed by atoms with Gasteiger partial charge in [0, 0.05) is 39.0 Å². The predicted molar refractivity (Wildman–Crippen MR) is 502 cm³/mol. The number of piperidine rings is 3. The second-order valence-electron chi connectivity index (χ2n) is 34.1. The van der Waals surface area contributed by atoms with Crippen LogP contribution >= 0.6 is 0 Å². The fourth-order valence-corrected chi connectivity index (χ4v) is 18.0. The number of terminal acetylenes is 1. The van der Waals surface area contributed by atoms with Gasteiger partial charge in [0.15, 0.2) is 57.6 Å². The van der Waals surface area contributed by atoms with Crippen LogP contribution in [0.2, 0.25) is 0 Å². The molecule has 0 spiro atoms. The summed E-state index contributed by atoms with van der Waals surface area (Å²) in [6, 6.07) is 35.7. The number of hydrogen-bond donors (Lipinski definition) is 1. The van der Waals surface area contributed by atoms with E-state index in [9.17, 15) is 43.5 Å². The van der Waals surface area contributed by atoms with Crippen LogP contribution in [0.1, 0.15) is 234 Å². The fourth-order valence-electron chi connectivity index (χ4n) is 18.0. The molecule has 0 saturated carbocycles. The summed E-state index contributed by atoms with van der Waals surface area (Å²) in [5.41, 5.74) is 10.8. The Hall–Kier alpha value is -11.8. The lowest BCUT2D eigenvalue weighted by Gasteiger charge is -2.37. The number of nitrogens with zero attached hydrogens (tertiary/aromatic N) is 4. The highest BCUT2D eigenvalue weighted by Gasteiger charge is 2.42. The van der Waals surface area contributed by atoms with Crippen LogP contribution in [0, 0.1) is 53.4 Å². The Balaban J connectivity index is 0.000000642. The van der Waals surface area contributed by atoms with Crippen molar-refractivity contribution in [3.8, 4) is 70.3 Å². The van der Waals surface area contributed by atoms with Crippen molar-refractivity contribution >= 4 is 47.2 Å². The van der Waals surface area contributed by atoms with E-state index in [1.165, 1.54) is 22.4 Å². The largest absolute Gasteiger partial charge is 0.493 e. The fraction of sp³-hybridized carbons (Fsp3) is 0.505. The highest BCUT2D eigenvalue weighted by molar-refractivity contribution is 5.91. The molecule has 7 aromatic carbocycles. The van der Waals surface area contributed by atoms with Gasteiger partial charge < -0.3 is 81.5 Å². The van der Waals surface area contributed by atoms with E-state index >= 15 is 0 Å². The molecule has 25 heteroatoms. The molecular formula is C105H138N4O21. The van der Waals surface area contributed by atoms with Crippen molar-refractivity contribution in [2.24, 2.45) is 5.92 Å². The van der Waals surface area contributed by atoms with E-state index in [2.05, 4.69) is 43.4 Å². The first-order chi connectivity index (χ1) is 63.0. The Bertz CT molecular complexity index is 5020. The first kappa shape index (κ1) is 102. The van der Waals surface area contributed by atoms with Crippen LogP contribution in [0.3, 0.4) is 0 Å². The van der Waals surface area contributed by atoms with E-state index in [-0.39, 0.29) is 61.3 Å². The number of ether oxygens (including phenoxy) is 12. The van der Waals surface area contributed by atoms with Crippen LogP contribution in [-0.2, 0) is 60.7 Å². The molecule has 10 rings (SSSR count). The molecular weight excluding hydrogens is 1650 g/mol. The first-order valence-electron chi connectivity index (χ1n) is 46.0. The number of rotatable bonds is 44. The second kappa shape index (κ2) is 51.6. The molecule has 3 fully saturated rings. The Morgan fingerprint density at radius 1 is 0.423 bits per heavy atom. The third-order valence-electron chi connectivity index (χ3n) is 25.0. The van der Waals surface area contributed by atoms with Crippen molar-refractivity contribution in [1.82, 2.24) is 19.6 Å². The molecule has 3 heterocycles. The Labute approximate surface area is 771 Å². The van der Waals surface area contributed by atoms with E-state index in [0.717, 1.165) is 83.0 Å². The Morgan fingerprint density at radius 2 is 0.792 bits per heavy atom. The van der Waals surface area contributed by atoms with Crippen LogP contribution < -0.4 is 47.4 Å². The zero-order valence-electron chi connectivity index (χ0n) is 80.6. The minimum atomic E-state index is -0.925. The van der Waals surface area contributed by atoms with Crippen molar-refractivity contribution in [2.45, 2.75) is 232 Å². The highest BCUT2D eigenvalue weighted by Crippen LogP contribution is 2.43. The van der Waals surface area contributed by atoms with Crippen molar-refractivity contribution in [1.29, 1.82) is 0 Å². The summed E-state index contributed by atoms with van der Waals surface area (Å²) in [6.45, 7) is 17.4. The maximum absolute atomic E-state index is 14.7. The van der Waals surface area contributed by atoms with E-state index < -0.39 is 66.0 Å². The summed E-state index contributed by atoms with van der Waals surface area (Å²) in [7, 11) is 16.6. The zero-order chi connectivity index (χ0) is 95.5. The Kier molecular flexibility index (Phi) is 40.4. The number of carboxylic acids is 1. The summed E-state index contributed by atoms with van der Waals surface area (Å²) < 4.78 is 75.6. The smallest absolute Gasteiger partial charge is 0.329 e. The van der Waals surface area contributed by atoms with Gasteiger partial charge in [-0.2, -0.15) is 0 Å². The summed E-state index contributed by atoms with van der Waals surface area (Å²) >= 11 is 0. The lowest BCUT2D eigenvalue weighted by molar-refractivity contribution is -0.162. The number of amides is 3. The SMILES string of the molecule is CC[C@H](C(=O)N1CCCCC1C(=O)O[C@H](CCc1ccc(OC)c(OC)c1)c1cccc(OCC(=O)CCC(CCC(=O)COc2cccc(C(CCc3ccc(C)c(C)c3)OC(=O)[C@@H]3CCCCN3C(=O)[C@@H](CC)c3cc(C)c(OC)c(OC)c3)c2)CN(C)C)c1)c1cc(C)c(OC)c(OC)c1.CC[C@H](C(=O)N1CCCC[C@H]1C(=O)O)c1cc(C)c(OC)c(OC)c1.[2H]C#C. The van der Waals surface area contributed by atoms with E-state index in [1.54, 1.807) is 84.9 Å². The number of carbonyl (C=O) groups is 8. The third-order valence-corrected chi connectivity index (χ3v) is 25.0. The number of carboxylic acid groups (broad SMARTS) is 1. The van der Waals surface area contributed by atoms with Gasteiger partial charge in [0.2, 0.25) is 17.7 Å². The monoisotopic (exact) mass is 1790 g/mol. The van der Waals surface area contributed by atoms with Crippen LogP contribution in [0.15, 0.2) is 121 Å². The number of carbonyl (C=O) groups excluding carboxylic acids is 7. The van der Waals surface area contributed by atoms with Gasteiger partial charge in [-0.25, -0.2) is 14.4 Å². The lowest BCUT2D eigenvalue weighted by Crippen LogP contribution is -2.50. The molecule has 3 unspecified atom stereocenters. The molecule has 0 radical (unpaired) electrons. The molecule has 3 aliphatic heterocycles. The number of ketones is 2. The van der Waals surface area contributed by atoms with Gasteiger partial charge in [-0.15, -0.1) is 12.8 Å². The molecule has 7 aromatic rings. The molecule has 3 saturated heterocycles. The van der Waals surface area contributed by atoms with Crippen molar-refractivity contribution < 1.29 is 102 Å². The molecule has 0 aromatic heterocycles. The summed E-state index contributed by atoms with van der Waals surface area (Å²) in [6.07, 6.45) is 15.6. The maximum Gasteiger partial charge on any atom is 0.329 e. The molecule has 3 amide bonds. The number of aliphatic carboxylic acids is 1. The van der Waals surface area contributed by atoms with Crippen LogP contribution in [0.5, 0.6) is 57.5 Å². The average Bonchev–Trinajstić information content (AvgIpc) is 0.823. The number of hydrogen-bond acceptors (Lipinski definition) is 21. The Morgan fingerprint density at radius 3 is 1.15 bits per heavy atom. The molecule has 9 atom stereocenters.